The minimum absolute atomic E-state index is 0.176. The molecule has 2 aromatic heterocycles. The zero-order valence-corrected chi connectivity index (χ0v) is 17.4. The molecule has 0 atom stereocenters. The Kier molecular flexibility index (Phi) is 6.20. The van der Waals surface area contributed by atoms with Gasteiger partial charge in [0.05, 0.1) is 30.0 Å². The Hall–Kier alpha value is -3.30. The van der Waals surface area contributed by atoms with Crippen molar-refractivity contribution < 1.29 is 27.4 Å². The number of ether oxygens (including phenoxy) is 2. The summed E-state index contributed by atoms with van der Waals surface area (Å²) in [6, 6.07) is 7.70. The summed E-state index contributed by atoms with van der Waals surface area (Å²) in [4.78, 5) is 25.7. The first-order valence-corrected chi connectivity index (χ1v) is 10.3. The number of carbonyl (C=O) groups excluding carboxylic acids is 1. The molecule has 1 aliphatic carbocycles. The molecule has 10 heteroatoms. The number of hydrogen-bond donors (Lipinski definition) is 1. The number of nitrogens with one attached hydrogen (secondary N) is 1. The van der Waals surface area contributed by atoms with E-state index in [0.29, 0.717) is 29.2 Å². The van der Waals surface area contributed by atoms with Crippen molar-refractivity contribution in [2.75, 3.05) is 18.6 Å². The SMILES string of the molecule is COC(=O)N(CC1CCC(c2nc3cc(OC(F)(F)F)ccc3[nH]2)CC1)c1cccnc1. The minimum Gasteiger partial charge on any atom is -0.452 e. The van der Waals surface area contributed by atoms with Crippen molar-refractivity contribution in [3.63, 3.8) is 0 Å². The molecule has 1 fully saturated rings. The molecule has 0 radical (unpaired) electrons. The number of alkyl halides is 3. The van der Waals surface area contributed by atoms with Crippen LogP contribution in [-0.4, -0.2) is 41.1 Å². The summed E-state index contributed by atoms with van der Waals surface area (Å²) in [5.74, 6) is 0.946. The number of aromatic nitrogens is 3. The number of H-pyrrole nitrogens is 1. The first kappa shape index (κ1) is 21.9. The van der Waals surface area contributed by atoms with Crippen LogP contribution < -0.4 is 9.64 Å². The highest BCUT2D eigenvalue weighted by atomic mass is 19.4. The van der Waals surface area contributed by atoms with Gasteiger partial charge in [0.15, 0.2) is 0 Å². The first-order chi connectivity index (χ1) is 15.3. The van der Waals surface area contributed by atoms with E-state index in [1.165, 1.54) is 19.2 Å². The number of benzene rings is 1. The highest BCUT2D eigenvalue weighted by molar-refractivity contribution is 5.87. The van der Waals surface area contributed by atoms with Crippen molar-refractivity contribution in [3.05, 3.63) is 48.5 Å². The Morgan fingerprint density at radius 1 is 1.22 bits per heavy atom. The van der Waals surface area contributed by atoms with Crippen molar-refractivity contribution >= 4 is 22.8 Å². The van der Waals surface area contributed by atoms with Crippen molar-refractivity contribution in [2.24, 2.45) is 5.92 Å². The summed E-state index contributed by atoms with van der Waals surface area (Å²) in [5.41, 5.74) is 1.80. The van der Waals surface area contributed by atoms with E-state index in [2.05, 4.69) is 19.7 Å². The molecule has 0 unspecified atom stereocenters. The number of aromatic amines is 1. The van der Waals surface area contributed by atoms with Crippen LogP contribution >= 0.6 is 0 Å². The van der Waals surface area contributed by atoms with Crippen LogP contribution in [0.15, 0.2) is 42.7 Å². The van der Waals surface area contributed by atoms with Gasteiger partial charge in [-0.1, -0.05) is 0 Å². The molecular weight excluding hydrogens is 425 g/mol. The lowest BCUT2D eigenvalue weighted by Crippen LogP contribution is -2.36. The second kappa shape index (κ2) is 9.05. The predicted molar refractivity (Wildman–Crippen MR) is 111 cm³/mol. The molecular formula is C22H23F3N4O3. The van der Waals surface area contributed by atoms with Gasteiger partial charge in [-0.15, -0.1) is 13.2 Å². The van der Waals surface area contributed by atoms with E-state index in [1.807, 2.05) is 6.07 Å². The van der Waals surface area contributed by atoms with Gasteiger partial charge < -0.3 is 14.5 Å². The highest BCUT2D eigenvalue weighted by Crippen LogP contribution is 2.36. The smallest absolute Gasteiger partial charge is 0.452 e. The van der Waals surface area contributed by atoms with Gasteiger partial charge in [-0.25, -0.2) is 9.78 Å². The molecule has 7 nitrogen and oxygen atoms in total. The fraction of sp³-hybridized carbons (Fsp3) is 0.409. The number of nitrogens with zero attached hydrogens (tertiary/aromatic N) is 3. The van der Waals surface area contributed by atoms with Crippen molar-refractivity contribution in [1.82, 2.24) is 15.0 Å². The number of rotatable bonds is 5. The Morgan fingerprint density at radius 2 is 2.00 bits per heavy atom. The number of imidazole rings is 1. The maximum Gasteiger partial charge on any atom is 0.573 e. The number of halogens is 3. The van der Waals surface area contributed by atoms with Gasteiger partial charge in [0.1, 0.15) is 11.6 Å². The Labute approximate surface area is 182 Å². The van der Waals surface area contributed by atoms with Crippen LogP contribution in [-0.2, 0) is 4.74 Å². The summed E-state index contributed by atoms with van der Waals surface area (Å²) in [6.45, 7) is 0.531. The number of anilines is 1. The third-order valence-corrected chi connectivity index (χ3v) is 5.73. The number of fused-ring (bicyclic) bond motifs is 1. The summed E-state index contributed by atoms with van der Waals surface area (Å²) >= 11 is 0. The zero-order valence-electron chi connectivity index (χ0n) is 17.4. The fourth-order valence-electron chi connectivity index (χ4n) is 4.18. The molecule has 2 heterocycles. The Balaban J connectivity index is 1.40. The molecule has 1 aliphatic rings. The molecule has 0 saturated heterocycles. The fourth-order valence-corrected chi connectivity index (χ4v) is 4.18. The van der Waals surface area contributed by atoms with Crippen LogP contribution in [0.25, 0.3) is 11.0 Å². The highest BCUT2D eigenvalue weighted by Gasteiger charge is 2.32. The number of methoxy groups -OCH3 is 1. The molecule has 0 spiro atoms. The van der Waals surface area contributed by atoms with Gasteiger partial charge in [0.25, 0.3) is 0 Å². The molecule has 0 aliphatic heterocycles. The predicted octanol–water partition coefficient (Wildman–Crippen LogP) is 5.40. The van der Waals surface area contributed by atoms with Gasteiger partial charge in [-0.3, -0.25) is 9.88 Å². The average Bonchev–Trinajstić information content (AvgIpc) is 3.20. The van der Waals surface area contributed by atoms with Crippen LogP contribution in [0, 0.1) is 5.92 Å². The molecule has 170 valence electrons. The second-order valence-electron chi connectivity index (χ2n) is 7.86. The lowest BCUT2D eigenvalue weighted by molar-refractivity contribution is -0.274. The molecule has 0 bridgehead atoms. The molecule has 1 N–H and O–H groups in total. The topological polar surface area (TPSA) is 80.3 Å². The normalized spacial score (nSPS) is 19.0. The average molecular weight is 448 g/mol. The third kappa shape index (κ3) is 5.12. The van der Waals surface area contributed by atoms with Crippen LogP contribution in [0.1, 0.15) is 37.4 Å². The summed E-state index contributed by atoms with van der Waals surface area (Å²) < 4.78 is 46.3. The Morgan fingerprint density at radius 3 is 2.66 bits per heavy atom. The maximum atomic E-state index is 12.5. The molecule has 1 saturated carbocycles. The standard InChI is InChI=1S/C22H23F3N4O3/c1-31-21(30)29(16-3-2-10-26-12-16)13-14-4-6-15(7-5-14)20-27-18-9-8-17(11-19(18)28-20)32-22(23,24)25/h2-3,8-12,14-15H,4-7,13H2,1H3,(H,27,28). The van der Waals surface area contributed by atoms with Gasteiger partial charge in [-0.05, 0) is 55.9 Å². The van der Waals surface area contributed by atoms with E-state index in [0.717, 1.165) is 31.5 Å². The van der Waals surface area contributed by atoms with Crippen molar-refractivity contribution in [1.29, 1.82) is 0 Å². The number of hydrogen-bond acceptors (Lipinski definition) is 5. The third-order valence-electron chi connectivity index (χ3n) is 5.73. The lowest BCUT2D eigenvalue weighted by Gasteiger charge is -2.31. The quantitative estimate of drug-likeness (QED) is 0.565. The molecule has 32 heavy (non-hydrogen) atoms. The van der Waals surface area contributed by atoms with E-state index >= 15 is 0 Å². The van der Waals surface area contributed by atoms with Crippen LogP contribution in [0.2, 0.25) is 0 Å². The monoisotopic (exact) mass is 448 g/mol. The summed E-state index contributed by atoms with van der Waals surface area (Å²) in [6.07, 6.45) is 1.61. The van der Waals surface area contributed by atoms with E-state index < -0.39 is 12.5 Å². The van der Waals surface area contributed by atoms with Crippen molar-refractivity contribution in [3.8, 4) is 5.75 Å². The maximum absolute atomic E-state index is 12.5. The molecule has 1 aromatic carbocycles. The second-order valence-corrected chi connectivity index (χ2v) is 7.86. The Bertz CT molecular complexity index is 1060. The van der Waals surface area contributed by atoms with Gasteiger partial charge in [0.2, 0.25) is 0 Å². The van der Waals surface area contributed by atoms with Crippen LogP contribution in [0.4, 0.5) is 23.7 Å². The van der Waals surface area contributed by atoms with E-state index in [1.54, 1.807) is 29.4 Å². The molecule has 4 rings (SSSR count). The first-order valence-electron chi connectivity index (χ1n) is 10.3. The minimum atomic E-state index is -4.74. The number of pyridine rings is 1. The number of amides is 1. The van der Waals surface area contributed by atoms with Gasteiger partial charge >= 0.3 is 12.5 Å². The largest absolute Gasteiger partial charge is 0.573 e. The van der Waals surface area contributed by atoms with E-state index in [4.69, 9.17) is 4.74 Å². The van der Waals surface area contributed by atoms with Crippen molar-refractivity contribution in [2.45, 2.75) is 38.0 Å². The zero-order chi connectivity index (χ0) is 22.7. The van der Waals surface area contributed by atoms with E-state index in [-0.39, 0.29) is 11.7 Å². The summed E-state index contributed by atoms with van der Waals surface area (Å²) in [7, 11) is 1.36. The molecule has 3 aromatic rings. The van der Waals surface area contributed by atoms with Crippen LogP contribution in [0.3, 0.4) is 0 Å². The van der Waals surface area contributed by atoms with Gasteiger partial charge in [0, 0.05) is 24.7 Å². The van der Waals surface area contributed by atoms with Crippen LogP contribution in [0.5, 0.6) is 5.75 Å². The van der Waals surface area contributed by atoms with Gasteiger partial charge in [-0.2, -0.15) is 0 Å². The number of carbonyl (C=O) groups is 1. The molecule has 1 amide bonds. The lowest BCUT2D eigenvalue weighted by atomic mass is 9.81. The van der Waals surface area contributed by atoms with E-state index in [9.17, 15) is 18.0 Å². The summed E-state index contributed by atoms with van der Waals surface area (Å²) in [5, 5.41) is 0.